The Morgan fingerprint density at radius 1 is 1.62 bits per heavy atom. The summed E-state index contributed by atoms with van der Waals surface area (Å²) in [5.74, 6) is 0.0719. The van der Waals surface area contributed by atoms with Crippen molar-refractivity contribution in [3.8, 4) is 0 Å². The van der Waals surface area contributed by atoms with Gasteiger partial charge in [0.05, 0.1) is 38.4 Å². The van der Waals surface area contributed by atoms with Gasteiger partial charge in [-0.05, 0) is 13.8 Å². The van der Waals surface area contributed by atoms with Crippen LogP contribution in [0.15, 0.2) is 0 Å². The number of carbonyl (C=O) groups excluding carboxylic acids is 1. The molecule has 2 unspecified atom stereocenters. The smallest absolute Gasteiger partial charge is 0.225 e. The highest BCUT2D eigenvalue weighted by Gasteiger charge is 2.28. The van der Waals surface area contributed by atoms with E-state index in [9.17, 15) is 4.79 Å². The number of aliphatic hydroxyl groups excluding tert-OH is 1. The second kappa shape index (κ2) is 6.83. The highest BCUT2D eigenvalue weighted by molar-refractivity contribution is 5.76. The van der Waals surface area contributed by atoms with Crippen LogP contribution in [0.4, 0.5) is 0 Å². The third kappa shape index (κ3) is 3.73. The van der Waals surface area contributed by atoms with Crippen molar-refractivity contribution in [2.45, 2.75) is 32.4 Å². The molecule has 0 saturated carbocycles. The molecule has 1 aliphatic heterocycles. The number of rotatable bonds is 5. The Bertz CT molecular complexity index is 222. The molecule has 1 heterocycles. The second-order valence-corrected chi connectivity index (χ2v) is 3.98. The predicted molar refractivity (Wildman–Crippen MR) is 59.1 cm³/mol. The summed E-state index contributed by atoms with van der Waals surface area (Å²) >= 11 is 0. The lowest BCUT2D eigenvalue weighted by molar-refractivity contribution is -0.147. The Hall–Kier alpha value is -0.650. The van der Waals surface area contributed by atoms with Crippen molar-refractivity contribution in [2.24, 2.45) is 0 Å². The summed E-state index contributed by atoms with van der Waals surface area (Å²) in [4.78, 5) is 13.6. The molecule has 94 valence electrons. The SMILES string of the molecule is CCOCCC(=O)N1CC(CO)OCC1C. The lowest BCUT2D eigenvalue weighted by atomic mass is 10.2. The van der Waals surface area contributed by atoms with Crippen LogP contribution < -0.4 is 0 Å². The fourth-order valence-electron chi connectivity index (χ4n) is 1.72. The largest absolute Gasteiger partial charge is 0.394 e. The van der Waals surface area contributed by atoms with E-state index >= 15 is 0 Å². The molecule has 1 fully saturated rings. The number of aliphatic hydroxyl groups is 1. The van der Waals surface area contributed by atoms with Crippen LogP contribution in [0.1, 0.15) is 20.3 Å². The topological polar surface area (TPSA) is 59.0 Å². The molecular formula is C11H21NO4. The van der Waals surface area contributed by atoms with Crippen LogP contribution in [0.25, 0.3) is 0 Å². The van der Waals surface area contributed by atoms with Crippen LogP contribution in [0.5, 0.6) is 0 Å². The number of nitrogens with zero attached hydrogens (tertiary/aromatic N) is 1. The number of carbonyl (C=O) groups is 1. The molecule has 5 heteroatoms. The lowest BCUT2D eigenvalue weighted by Gasteiger charge is -2.37. The van der Waals surface area contributed by atoms with Crippen molar-refractivity contribution in [1.29, 1.82) is 0 Å². The first-order valence-electron chi connectivity index (χ1n) is 5.78. The summed E-state index contributed by atoms with van der Waals surface area (Å²) in [7, 11) is 0. The highest BCUT2D eigenvalue weighted by atomic mass is 16.5. The fraction of sp³-hybridized carbons (Fsp3) is 0.909. The standard InChI is InChI=1S/C11H21NO4/c1-3-15-5-4-11(14)12-6-10(7-13)16-8-9(12)2/h9-10,13H,3-8H2,1-2H3. The van der Waals surface area contributed by atoms with Gasteiger partial charge in [-0.2, -0.15) is 0 Å². The predicted octanol–water partition coefficient (Wildman–Crippen LogP) is 0.0212. The van der Waals surface area contributed by atoms with Crippen LogP contribution in [-0.2, 0) is 14.3 Å². The molecule has 0 aromatic carbocycles. The zero-order chi connectivity index (χ0) is 12.0. The van der Waals surface area contributed by atoms with Crippen molar-refractivity contribution < 1.29 is 19.4 Å². The maximum atomic E-state index is 11.9. The highest BCUT2D eigenvalue weighted by Crippen LogP contribution is 2.12. The third-order valence-corrected chi connectivity index (χ3v) is 2.69. The molecule has 1 rings (SSSR count). The van der Waals surface area contributed by atoms with Crippen molar-refractivity contribution >= 4 is 5.91 Å². The zero-order valence-electron chi connectivity index (χ0n) is 10.0. The number of hydrogen-bond donors (Lipinski definition) is 1. The van der Waals surface area contributed by atoms with Crippen molar-refractivity contribution in [3.05, 3.63) is 0 Å². The number of morpholine rings is 1. The Morgan fingerprint density at radius 2 is 2.38 bits per heavy atom. The Labute approximate surface area is 96.3 Å². The zero-order valence-corrected chi connectivity index (χ0v) is 10.0. The van der Waals surface area contributed by atoms with Gasteiger partial charge in [0.2, 0.25) is 5.91 Å². The van der Waals surface area contributed by atoms with Gasteiger partial charge in [0.1, 0.15) is 0 Å². The fourth-order valence-corrected chi connectivity index (χ4v) is 1.72. The normalized spacial score (nSPS) is 25.8. The monoisotopic (exact) mass is 231 g/mol. The lowest BCUT2D eigenvalue weighted by Crippen LogP contribution is -2.52. The van der Waals surface area contributed by atoms with E-state index in [4.69, 9.17) is 14.6 Å². The van der Waals surface area contributed by atoms with Crippen LogP contribution >= 0.6 is 0 Å². The first-order chi connectivity index (χ1) is 7.69. The van der Waals surface area contributed by atoms with E-state index in [0.717, 1.165) is 0 Å². The first kappa shape index (κ1) is 13.4. The molecule has 0 aliphatic carbocycles. The second-order valence-electron chi connectivity index (χ2n) is 3.98. The molecule has 0 radical (unpaired) electrons. The van der Waals surface area contributed by atoms with E-state index in [0.29, 0.717) is 32.8 Å². The van der Waals surface area contributed by atoms with Gasteiger partial charge in [0, 0.05) is 13.2 Å². The van der Waals surface area contributed by atoms with Crippen LogP contribution in [0.3, 0.4) is 0 Å². The summed E-state index contributed by atoms with van der Waals surface area (Å²) in [6, 6.07) is 0.0805. The molecule has 1 amide bonds. The van der Waals surface area contributed by atoms with E-state index in [2.05, 4.69) is 0 Å². The molecule has 1 saturated heterocycles. The molecular weight excluding hydrogens is 210 g/mol. The van der Waals surface area contributed by atoms with E-state index in [1.54, 1.807) is 4.90 Å². The summed E-state index contributed by atoms with van der Waals surface area (Å²) in [6.45, 7) is 5.88. The Balaban J connectivity index is 2.39. The molecule has 0 spiro atoms. The third-order valence-electron chi connectivity index (χ3n) is 2.69. The van der Waals surface area contributed by atoms with Crippen molar-refractivity contribution in [3.63, 3.8) is 0 Å². The van der Waals surface area contributed by atoms with Crippen molar-refractivity contribution in [1.82, 2.24) is 4.90 Å². The van der Waals surface area contributed by atoms with E-state index < -0.39 is 0 Å². The maximum Gasteiger partial charge on any atom is 0.225 e. The van der Waals surface area contributed by atoms with Crippen LogP contribution in [-0.4, -0.2) is 61.0 Å². The first-order valence-corrected chi connectivity index (χ1v) is 5.78. The molecule has 2 atom stereocenters. The number of ether oxygens (including phenoxy) is 2. The number of hydrogen-bond acceptors (Lipinski definition) is 4. The van der Waals surface area contributed by atoms with Crippen LogP contribution in [0, 0.1) is 0 Å². The summed E-state index contributed by atoms with van der Waals surface area (Å²) in [5, 5.41) is 9.00. The van der Waals surface area contributed by atoms with Gasteiger partial charge >= 0.3 is 0 Å². The molecule has 1 N–H and O–H groups in total. The maximum absolute atomic E-state index is 11.9. The van der Waals surface area contributed by atoms with Gasteiger partial charge in [-0.1, -0.05) is 0 Å². The van der Waals surface area contributed by atoms with Gasteiger partial charge in [0.25, 0.3) is 0 Å². The quantitative estimate of drug-likeness (QED) is 0.678. The average molecular weight is 231 g/mol. The Kier molecular flexibility index (Phi) is 5.73. The molecule has 0 aromatic rings. The minimum Gasteiger partial charge on any atom is -0.394 e. The van der Waals surface area contributed by atoms with Gasteiger partial charge in [0.15, 0.2) is 0 Å². The molecule has 16 heavy (non-hydrogen) atoms. The Morgan fingerprint density at radius 3 is 3.00 bits per heavy atom. The number of amides is 1. The average Bonchev–Trinajstić information content (AvgIpc) is 2.30. The van der Waals surface area contributed by atoms with E-state index in [-0.39, 0.29) is 24.7 Å². The van der Waals surface area contributed by atoms with Gasteiger partial charge in [-0.25, -0.2) is 0 Å². The minimum atomic E-state index is -0.243. The molecule has 0 bridgehead atoms. The van der Waals surface area contributed by atoms with E-state index in [1.807, 2.05) is 13.8 Å². The van der Waals surface area contributed by atoms with Gasteiger partial charge < -0.3 is 19.5 Å². The van der Waals surface area contributed by atoms with Crippen molar-refractivity contribution in [2.75, 3.05) is 33.0 Å². The summed E-state index contributed by atoms with van der Waals surface area (Å²) in [5.41, 5.74) is 0. The van der Waals surface area contributed by atoms with Gasteiger partial charge in [-0.3, -0.25) is 4.79 Å². The summed E-state index contributed by atoms with van der Waals surface area (Å²) in [6.07, 6.45) is 0.156. The summed E-state index contributed by atoms with van der Waals surface area (Å²) < 4.78 is 10.5. The molecule has 5 nitrogen and oxygen atoms in total. The minimum absolute atomic E-state index is 0.0397. The molecule has 0 aromatic heterocycles. The van der Waals surface area contributed by atoms with E-state index in [1.165, 1.54) is 0 Å². The molecule has 1 aliphatic rings. The van der Waals surface area contributed by atoms with Crippen LogP contribution in [0.2, 0.25) is 0 Å². The van der Waals surface area contributed by atoms with Gasteiger partial charge in [-0.15, -0.1) is 0 Å².